The number of aromatic nitrogens is 2. The summed E-state index contributed by atoms with van der Waals surface area (Å²) >= 11 is 6.20. The molecule has 4 unspecified atom stereocenters. The first-order valence-electron chi connectivity index (χ1n) is 12.1. The molecule has 38 heavy (non-hydrogen) atoms. The minimum atomic E-state index is -1.04. The number of nitrogens with zero attached hydrogens (tertiary/aromatic N) is 2. The molecule has 2 amide bonds. The number of carbonyl (C=O) groups excluding carboxylic acids is 2. The van der Waals surface area contributed by atoms with E-state index in [0.29, 0.717) is 16.3 Å². The van der Waals surface area contributed by atoms with Gasteiger partial charge in [-0.1, -0.05) is 49.7 Å². The van der Waals surface area contributed by atoms with Crippen LogP contribution in [0.3, 0.4) is 0 Å². The number of ether oxygens (including phenoxy) is 1. The van der Waals surface area contributed by atoms with Crippen molar-refractivity contribution in [2.45, 2.75) is 38.8 Å². The number of amides is 2. The number of benzene rings is 1. The number of carbonyl (C=O) groups is 3. The third kappa shape index (κ3) is 10.0. The Morgan fingerprint density at radius 3 is 2.61 bits per heavy atom. The predicted octanol–water partition coefficient (Wildman–Crippen LogP) is 2.60. The van der Waals surface area contributed by atoms with E-state index >= 15 is 0 Å². The number of hydrogen-bond donors (Lipinski definition) is 4. The molecule has 0 saturated heterocycles. The minimum absolute atomic E-state index is 0.0869. The highest BCUT2D eigenvalue weighted by Gasteiger charge is 2.22. The third-order valence-corrected chi connectivity index (χ3v) is 6.16. The molecule has 0 aliphatic heterocycles. The summed E-state index contributed by atoms with van der Waals surface area (Å²) in [6, 6.07) is 4.04. The summed E-state index contributed by atoms with van der Waals surface area (Å²) in [7, 11) is 3.31. The van der Waals surface area contributed by atoms with E-state index in [-0.39, 0.29) is 25.3 Å². The number of aliphatic hydroxyl groups is 1. The van der Waals surface area contributed by atoms with Crippen molar-refractivity contribution in [2.75, 3.05) is 13.7 Å². The molecule has 1 heterocycles. The van der Waals surface area contributed by atoms with Gasteiger partial charge in [-0.25, -0.2) is 0 Å². The van der Waals surface area contributed by atoms with Crippen LogP contribution in [0.15, 0.2) is 48.8 Å². The molecule has 206 valence electrons. The smallest absolute Gasteiger partial charge is 0.308 e. The molecule has 0 bridgehead atoms. The van der Waals surface area contributed by atoms with Gasteiger partial charge < -0.3 is 25.6 Å². The van der Waals surface area contributed by atoms with Crippen LogP contribution in [0, 0.1) is 11.8 Å². The van der Waals surface area contributed by atoms with Crippen molar-refractivity contribution < 1.29 is 29.3 Å². The molecule has 0 aliphatic carbocycles. The lowest BCUT2D eigenvalue weighted by molar-refractivity contribution is -0.141. The van der Waals surface area contributed by atoms with E-state index < -0.39 is 35.8 Å². The number of methoxy groups -OCH3 is 1. The van der Waals surface area contributed by atoms with Crippen LogP contribution in [0.1, 0.15) is 31.4 Å². The molecule has 4 N–H and O–H groups in total. The predicted molar refractivity (Wildman–Crippen MR) is 145 cm³/mol. The van der Waals surface area contributed by atoms with Gasteiger partial charge in [0.25, 0.3) is 0 Å². The Balaban J connectivity index is 2.01. The van der Waals surface area contributed by atoms with Crippen LogP contribution < -0.4 is 15.4 Å². The normalized spacial score (nSPS) is 14.7. The monoisotopic (exact) mass is 546 g/mol. The van der Waals surface area contributed by atoms with Gasteiger partial charge in [0.15, 0.2) is 0 Å². The van der Waals surface area contributed by atoms with Gasteiger partial charge in [-0.2, -0.15) is 5.10 Å². The number of halogens is 1. The Bertz CT molecular complexity index is 1160. The maximum atomic E-state index is 12.8. The first-order chi connectivity index (χ1) is 18.0. The molecule has 1 aromatic carbocycles. The molecule has 2 aromatic rings. The molecule has 0 spiro atoms. The number of carboxylic acid groups (broad SMARTS) is 1. The van der Waals surface area contributed by atoms with E-state index in [2.05, 4.69) is 15.7 Å². The molecule has 2 rings (SSSR count). The van der Waals surface area contributed by atoms with Gasteiger partial charge in [-0.15, -0.1) is 0 Å². The zero-order valence-corrected chi connectivity index (χ0v) is 22.7. The van der Waals surface area contributed by atoms with Gasteiger partial charge in [0.2, 0.25) is 11.8 Å². The summed E-state index contributed by atoms with van der Waals surface area (Å²) in [5.41, 5.74) is 1.60. The number of aryl methyl sites for hydroxylation is 1. The number of aliphatic carboxylic acids is 1. The van der Waals surface area contributed by atoms with Crippen LogP contribution in [0.25, 0.3) is 6.08 Å². The molecule has 0 saturated carbocycles. The molecule has 1 aromatic heterocycles. The fraction of sp³-hybridized carbons (Fsp3) is 0.407. The maximum Gasteiger partial charge on any atom is 0.308 e. The summed E-state index contributed by atoms with van der Waals surface area (Å²) in [5, 5.41) is 29.2. The second-order valence-electron chi connectivity index (χ2n) is 9.09. The topological polar surface area (TPSA) is 143 Å². The highest BCUT2D eigenvalue weighted by Crippen LogP contribution is 2.25. The Morgan fingerprint density at radius 2 is 2.00 bits per heavy atom. The van der Waals surface area contributed by atoms with Gasteiger partial charge in [0.1, 0.15) is 11.8 Å². The first kappa shape index (κ1) is 30.6. The average Bonchev–Trinajstić information content (AvgIpc) is 3.30. The van der Waals surface area contributed by atoms with Crippen molar-refractivity contribution in [3.05, 3.63) is 65.0 Å². The van der Waals surface area contributed by atoms with E-state index in [1.54, 1.807) is 35.2 Å². The van der Waals surface area contributed by atoms with Crippen LogP contribution in [-0.2, 0) is 27.9 Å². The lowest BCUT2D eigenvalue weighted by Crippen LogP contribution is -2.48. The number of nitrogens with one attached hydrogen (secondary N) is 2. The molecule has 0 aliphatic rings. The number of rotatable bonds is 14. The van der Waals surface area contributed by atoms with Crippen molar-refractivity contribution >= 4 is 35.5 Å². The summed E-state index contributed by atoms with van der Waals surface area (Å²) in [6.07, 6.45) is 9.75. The number of hydrogen-bond acceptors (Lipinski definition) is 6. The fourth-order valence-electron chi connectivity index (χ4n) is 3.41. The van der Waals surface area contributed by atoms with Gasteiger partial charge >= 0.3 is 5.97 Å². The van der Waals surface area contributed by atoms with Crippen molar-refractivity contribution in [2.24, 2.45) is 18.9 Å². The molecular weight excluding hydrogens is 512 g/mol. The third-order valence-electron chi connectivity index (χ3n) is 5.86. The molecule has 4 atom stereocenters. The lowest BCUT2D eigenvalue weighted by Gasteiger charge is -2.19. The number of aliphatic hydroxyl groups excluding tert-OH is 1. The second kappa shape index (κ2) is 14.9. The zero-order valence-electron chi connectivity index (χ0n) is 21.9. The molecular formula is C27H35ClN4O6. The summed E-state index contributed by atoms with van der Waals surface area (Å²) in [5.74, 6) is -2.58. The second-order valence-corrected chi connectivity index (χ2v) is 9.50. The van der Waals surface area contributed by atoms with Crippen LogP contribution in [0.5, 0.6) is 5.75 Å². The first-order valence-corrected chi connectivity index (χ1v) is 12.5. The quantitative estimate of drug-likeness (QED) is 0.267. The van der Waals surface area contributed by atoms with Crippen molar-refractivity contribution in [3.63, 3.8) is 0 Å². The summed E-state index contributed by atoms with van der Waals surface area (Å²) in [4.78, 5) is 36.5. The molecule has 11 heteroatoms. The van der Waals surface area contributed by atoms with E-state index in [0.717, 1.165) is 5.56 Å². The average molecular weight is 547 g/mol. The Labute approximate surface area is 227 Å². The van der Waals surface area contributed by atoms with Crippen molar-refractivity contribution in [1.29, 1.82) is 0 Å². The Kier molecular flexibility index (Phi) is 12.0. The molecule has 0 radical (unpaired) electrons. The maximum absolute atomic E-state index is 12.8. The van der Waals surface area contributed by atoms with Crippen LogP contribution in [0.4, 0.5) is 0 Å². The van der Waals surface area contributed by atoms with E-state index in [4.69, 9.17) is 21.4 Å². The highest BCUT2D eigenvalue weighted by atomic mass is 35.5. The Morgan fingerprint density at radius 1 is 1.26 bits per heavy atom. The van der Waals surface area contributed by atoms with Crippen LogP contribution in [-0.4, -0.2) is 63.6 Å². The van der Waals surface area contributed by atoms with Crippen molar-refractivity contribution in [3.8, 4) is 5.75 Å². The minimum Gasteiger partial charge on any atom is -0.495 e. The standard InChI is InChI=1S/C27H35ClN4O6/c1-17(8-9-20-15-30-32(3)16-20)23(33)6-5-7-25(34)31-22(26(35)29-14-18(2)27(36)37)13-19-10-11-24(38-4)21(28)12-19/h5,7-12,15-18,22-23,33H,6,13-14H2,1-4H3,(H,29,35)(H,31,34)(H,36,37)/b7-5+,9-8+. The van der Waals surface area contributed by atoms with Crippen LogP contribution >= 0.6 is 11.6 Å². The zero-order chi connectivity index (χ0) is 28.2. The summed E-state index contributed by atoms with van der Waals surface area (Å²) < 4.78 is 6.84. The molecule has 0 fully saturated rings. The largest absolute Gasteiger partial charge is 0.495 e. The van der Waals surface area contributed by atoms with E-state index in [1.807, 2.05) is 32.3 Å². The van der Waals surface area contributed by atoms with Gasteiger partial charge in [-0.3, -0.25) is 19.1 Å². The van der Waals surface area contributed by atoms with Gasteiger partial charge in [-0.05, 0) is 30.2 Å². The van der Waals surface area contributed by atoms with Gasteiger partial charge in [0, 0.05) is 37.7 Å². The molecule has 10 nitrogen and oxygen atoms in total. The fourth-order valence-corrected chi connectivity index (χ4v) is 3.69. The van der Waals surface area contributed by atoms with Gasteiger partial charge in [0.05, 0.1) is 30.4 Å². The summed E-state index contributed by atoms with van der Waals surface area (Å²) in [6.45, 7) is 3.25. The number of carboxylic acids is 1. The highest BCUT2D eigenvalue weighted by molar-refractivity contribution is 6.32. The Hall–Kier alpha value is -3.63. The SMILES string of the molecule is COc1ccc(CC(NC(=O)/C=C/CC(O)C(C)/C=C/c2cnn(C)c2)C(=O)NCC(C)C(=O)O)cc1Cl. The van der Waals surface area contributed by atoms with Crippen LogP contribution in [0.2, 0.25) is 5.02 Å². The van der Waals surface area contributed by atoms with E-state index in [1.165, 1.54) is 20.1 Å². The van der Waals surface area contributed by atoms with E-state index in [9.17, 15) is 19.5 Å². The lowest BCUT2D eigenvalue weighted by atomic mass is 10.0. The van der Waals surface area contributed by atoms with Crippen molar-refractivity contribution in [1.82, 2.24) is 20.4 Å².